The van der Waals surface area contributed by atoms with Crippen LogP contribution in [0, 0.1) is 35.5 Å². The van der Waals surface area contributed by atoms with Crippen LogP contribution in [0.15, 0.2) is 0 Å². The third-order valence-corrected chi connectivity index (χ3v) is 6.90. The molecular formula is C19H37N3. The van der Waals surface area contributed by atoms with Crippen molar-refractivity contribution in [1.82, 2.24) is 15.5 Å². The lowest BCUT2D eigenvalue weighted by Crippen LogP contribution is -2.61. The molecule has 0 aliphatic carbocycles. The number of likely N-dealkylation sites (tertiary alicyclic amines) is 1. The summed E-state index contributed by atoms with van der Waals surface area (Å²) in [6.45, 7) is 14.8. The summed E-state index contributed by atoms with van der Waals surface area (Å²) in [5, 5.41) is 7.18. The van der Waals surface area contributed by atoms with Gasteiger partial charge < -0.3 is 15.5 Å². The van der Waals surface area contributed by atoms with E-state index >= 15 is 0 Å². The minimum Gasteiger partial charge on any atom is -0.316 e. The third kappa shape index (κ3) is 3.22. The Morgan fingerprint density at radius 1 is 0.955 bits per heavy atom. The monoisotopic (exact) mass is 307 g/mol. The second-order valence-corrected chi connectivity index (χ2v) is 8.97. The number of hydrogen-bond acceptors (Lipinski definition) is 3. The number of rotatable bonds is 7. The van der Waals surface area contributed by atoms with E-state index in [4.69, 9.17) is 0 Å². The van der Waals surface area contributed by atoms with E-state index in [1.54, 1.807) is 0 Å². The molecule has 0 aromatic heterocycles. The average molecular weight is 308 g/mol. The molecule has 0 saturated carbocycles. The fraction of sp³-hybridized carbons (Fsp3) is 1.00. The van der Waals surface area contributed by atoms with Crippen LogP contribution in [0.2, 0.25) is 0 Å². The van der Waals surface area contributed by atoms with Gasteiger partial charge in [0, 0.05) is 18.6 Å². The summed E-state index contributed by atoms with van der Waals surface area (Å²) in [4.78, 5) is 2.55. The second kappa shape index (κ2) is 6.78. The highest BCUT2D eigenvalue weighted by atomic mass is 15.2. The molecule has 3 nitrogen and oxygen atoms in total. The molecule has 2 N–H and O–H groups in total. The Labute approximate surface area is 137 Å². The van der Waals surface area contributed by atoms with E-state index in [0.29, 0.717) is 0 Å². The molecule has 3 saturated heterocycles. The molecule has 3 aliphatic rings. The van der Waals surface area contributed by atoms with Crippen LogP contribution in [0.4, 0.5) is 0 Å². The topological polar surface area (TPSA) is 27.3 Å². The van der Waals surface area contributed by atoms with Gasteiger partial charge in [-0.05, 0) is 75.0 Å². The predicted octanol–water partition coefficient (Wildman–Crippen LogP) is 2.43. The molecule has 3 heterocycles. The SMILES string of the molecule is CC(C)C1C(CC(C)C2NCC2CC(C)C2CNC2)CN1C. The smallest absolute Gasteiger partial charge is 0.0156 e. The van der Waals surface area contributed by atoms with E-state index in [9.17, 15) is 0 Å². The van der Waals surface area contributed by atoms with Crippen LogP contribution < -0.4 is 10.6 Å². The first kappa shape index (κ1) is 16.7. The highest BCUT2D eigenvalue weighted by Gasteiger charge is 2.42. The first-order chi connectivity index (χ1) is 10.5. The zero-order valence-corrected chi connectivity index (χ0v) is 15.3. The van der Waals surface area contributed by atoms with Gasteiger partial charge >= 0.3 is 0 Å². The maximum absolute atomic E-state index is 3.76. The van der Waals surface area contributed by atoms with Crippen molar-refractivity contribution in [3.63, 3.8) is 0 Å². The Hall–Kier alpha value is -0.120. The van der Waals surface area contributed by atoms with Crippen molar-refractivity contribution in [3.05, 3.63) is 0 Å². The standard InChI is InChI=1S/C19H37N3/c1-12(2)19-16(11-22(19)5)7-14(4)18-15(10-21-18)6-13(3)17-8-20-9-17/h12-21H,6-11H2,1-5H3. The molecule has 3 fully saturated rings. The van der Waals surface area contributed by atoms with Crippen molar-refractivity contribution in [2.24, 2.45) is 35.5 Å². The molecule has 3 heteroatoms. The lowest BCUT2D eigenvalue weighted by atomic mass is 9.70. The first-order valence-corrected chi connectivity index (χ1v) is 9.61. The molecule has 0 aromatic rings. The van der Waals surface area contributed by atoms with Crippen LogP contribution in [0.5, 0.6) is 0 Å². The number of hydrogen-bond donors (Lipinski definition) is 2. The van der Waals surface area contributed by atoms with Crippen molar-refractivity contribution in [3.8, 4) is 0 Å². The zero-order valence-electron chi connectivity index (χ0n) is 15.3. The van der Waals surface area contributed by atoms with E-state index in [0.717, 1.165) is 47.6 Å². The summed E-state index contributed by atoms with van der Waals surface area (Å²) in [6, 6.07) is 1.61. The molecule has 6 unspecified atom stereocenters. The Morgan fingerprint density at radius 3 is 2.09 bits per heavy atom. The third-order valence-electron chi connectivity index (χ3n) is 6.90. The Morgan fingerprint density at radius 2 is 1.64 bits per heavy atom. The van der Waals surface area contributed by atoms with Crippen LogP contribution in [-0.4, -0.2) is 50.2 Å². The quantitative estimate of drug-likeness (QED) is 0.756. The summed E-state index contributed by atoms with van der Waals surface area (Å²) in [5.74, 6) is 5.35. The van der Waals surface area contributed by atoms with E-state index in [1.165, 1.54) is 39.0 Å². The average Bonchev–Trinajstić information content (AvgIpc) is 2.30. The van der Waals surface area contributed by atoms with Gasteiger partial charge in [0.1, 0.15) is 0 Å². The predicted molar refractivity (Wildman–Crippen MR) is 93.9 cm³/mol. The fourth-order valence-electron chi connectivity index (χ4n) is 5.41. The van der Waals surface area contributed by atoms with Gasteiger partial charge in [-0.25, -0.2) is 0 Å². The van der Waals surface area contributed by atoms with E-state index < -0.39 is 0 Å². The Balaban J connectivity index is 1.45. The minimum atomic E-state index is 0.786. The summed E-state index contributed by atoms with van der Waals surface area (Å²) in [5.41, 5.74) is 0. The van der Waals surface area contributed by atoms with Gasteiger partial charge in [0.15, 0.2) is 0 Å². The highest BCUT2D eigenvalue weighted by Crippen LogP contribution is 2.38. The maximum atomic E-state index is 3.76. The second-order valence-electron chi connectivity index (χ2n) is 8.97. The lowest BCUT2D eigenvalue weighted by Gasteiger charge is -2.52. The molecule has 3 aliphatic heterocycles. The van der Waals surface area contributed by atoms with Gasteiger partial charge in [0.2, 0.25) is 0 Å². The summed E-state index contributed by atoms with van der Waals surface area (Å²) in [6.07, 6.45) is 2.85. The molecule has 6 atom stereocenters. The van der Waals surface area contributed by atoms with Crippen LogP contribution in [0.3, 0.4) is 0 Å². The molecule has 3 rings (SSSR count). The molecular weight excluding hydrogens is 270 g/mol. The van der Waals surface area contributed by atoms with Gasteiger partial charge in [-0.1, -0.05) is 27.7 Å². The van der Waals surface area contributed by atoms with E-state index in [-0.39, 0.29) is 0 Å². The fourth-order valence-corrected chi connectivity index (χ4v) is 5.41. The highest BCUT2D eigenvalue weighted by molar-refractivity contribution is 4.98. The summed E-state index contributed by atoms with van der Waals surface area (Å²) >= 11 is 0. The van der Waals surface area contributed by atoms with E-state index in [1.807, 2.05) is 0 Å². The molecule has 0 aromatic carbocycles. The Bertz CT molecular complexity index is 361. The molecule has 128 valence electrons. The van der Waals surface area contributed by atoms with Gasteiger partial charge in [-0.15, -0.1) is 0 Å². The van der Waals surface area contributed by atoms with E-state index in [2.05, 4.69) is 50.3 Å². The van der Waals surface area contributed by atoms with Crippen molar-refractivity contribution >= 4 is 0 Å². The first-order valence-electron chi connectivity index (χ1n) is 9.61. The normalized spacial score (nSPS) is 39.0. The molecule has 0 amide bonds. The van der Waals surface area contributed by atoms with Crippen molar-refractivity contribution in [2.45, 2.75) is 52.6 Å². The summed E-state index contributed by atoms with van der Waals surface area (Å²) in [7, 11) is 2.30. The molecule has 0 spiro atoms. The zero-order chi connectivity index (χ0) is 15.9. The van der Waals surface area contributed by atoms with Gasteiger partial charge in [-0.3, -0.25) is 0 Å². The lowest BCUT2D eigenvalue weighted by molar-refractivity contribution is -0.0137. The number of nitrogens with one attached hydrogen (secondary N) is 2. The van der Waals surface area contributed by atoms with Crippen molar-refractivity contribution in [2.75, 3.05) is 33.2 Å². The largest absolute Gasteiger partial charge is 0.316 e. The van der Waals surface area contributed by atoms with Crippen LogP contribution in [-0.2, 0) is 0 Å². The van der Waals surface area contributed by atoms with Gasteiger partial charge in [-0.2, -0.15) is 0 Å². The maximum Gasteiger partial charge on any atom is 0.0156 e. The minimum absolute atomic E-state index is 0.786. The Kier molecular flexibility index (Phi) is 5.16. The summed E-state index contributed by atoms with van der Waals surface area (Å²) < 4.78 is 0. The number of nitrogens with zero attached hydrogens (tertiary/aromatic N) is 1. The van der Waals surface area contributed by atoms with Crippen LogP contribution in [0.25, 0.3) is 0 Å². The van der Waals surface area contributed by atoms with Gasteiger partial charge in [0.25, 0.3) is 0 Å². The van der Waals surface area contributed by atoms with Gasteiger partial charge in [0.05, 0.1) is 0 Å². The molecule has 22 heavy (non-hydrogen) atoms. The van der Waals surface area contributed by atoms with Crippen molar-refractivity contribution in [1.29, 1.82) is 0 Å². The molecule has 0 radical (unpaired) electrons. The van der Waals surface area contributed by atoms with Crippen LogP contribution >= 0.6 is 0 Å². The molecule has 0 bridgehead atoms. The van der Waals surface area contributed by atoms with Crippen LogP contribution in [0.1, 0.15) is 40.5 Å². The van der Waals surface area contributed by atoms with Crippen molar-refractivity contribution < 1.29 is 0 Å².